The second kappa shape index (κ2) is 4.43. The Labute approximate surface area is 100 Å². The number of hydrogen-bond donors (Lipinski definition) is 1. The molecule has 1 aromatic rings. The molecule has 0 fully saturated rings. The summed E-state index contributed by atoms with van der Waals surface area (Å²) in [7, 11) is 1.70. The van der Waals surface area contributed by atoms with Crippen LogP contribution in [0.25, 0.3) is 0 Å². The number of aliphatic hydroxyl groups excluding tert-OH is 1. The molecule has 1 unspecified atom stereocenters. The van der Waals surface area contributed by atoms with Gasteiger partial charge in [0.25, 0.3) is 0 Å². The van der Waals surface area contributed by atoms with Gasteiger partial charge in [-0.1, -0.05) is 13.8 Å². The number of nitrogens with zero attached hydrogens (tertiary/aromatic N) is 1. The summed E-state index contributed by atoms with van der Waals surface area (Å²) in [5.41, 5.74) is 1.26. The van der Waals surface area contributed by atoms with Crippen LogP contribution in [-0.4, -0.2) is 23.8 Å². The standard InChI is InChI=1S/C12H19NO2S/c1-12(2)6-8-11(9(14)7-12)16-10(13-8)4-5-15-3/h9,14H,4-7H2,1-3H3. The number of ether oxygens (including phenoxy) is 1. The highest BCUT2D eigenvalue weighted by molar-refractivity contribution is 7.11. The van der Waals surface area contributed by atoms with Crippen LogP contribution in [0.2, 0.25) is 0 Å². The third-order valence-electron chi connectivity index (χ3n) is 2.99. The maximum atomic E-state index is 10.1. The van der Waals surface area contributed by atoms with Crippen molar-refractivity contribution >= 4 is 11.3 Å². The monoisotopic (exact) mass is 241 g/mol. The Kier molecular flexibility index (Phi) is 3.33. The molecule has 16 heavy (non-hydrogen) atoms. The molecule has 1 heterocycles. The first kappa shape index (κ1) is 12.0. The second-order valence-electron chi connectivity index (χ2n) is 5.22. The topological polar surface area (TPSA) is 42.4 Å². The summed E-state index contributed by atoms with van der Waals surface area (Å²) >= 11 is 1.64. The lowest BCUT2D eigenvalue weighted by atomic mass is 9.77. The van der Waals surface area contributed by atoms with Crippen LogP contribution in [0.3, 0.4) is 0 Å². The van der Waals surface area contributed by atoms with Crippen LogP contribution in [0.5, 0.6) is 0 Å². The Morgan fingerprint density at radius 3 is 3.00 bits per heavy atom. The summed E-state index contributed by atoms with van der Waals surface area (Å²) in [6, 6.07) is 0. The van der Waals surface area contributed by atoms with Crippen LogP contribution in [0.4, 0.5) is 0 Å². The molecule has 1 N–H and O–H groups in total. The molecule has 1 aliphatic carbocycles. The molecule has 0 bridgehead atoms. The summed E-state index contributed by atoms with van der Waals surface area (Å²) in [5.74, 6) is 0. The molecule has 90 valence electrons. The van der Waals surface area contributed by atoms with Crippen LogP contribution in [0.15, 0.2) is 0 Å². The van der Waals surface area contributed by atoms with Crippen LogP contribution >= 0.6 is 11.3 Å². The molecule has 0 spiro atoms. The minimum absolute atomic E-state index is 0.166. The molecule has 1 atom stereocenters. The molecular weight excluding hydrogens is 222 g/mol. The van der Waals surface area contributed by atoms with Crippen molar-refractivity contribution in [2.45, 2.75) is 39.2 Å². The molecule has 0 saturated carbocycles. The number of aliphatic hydroxyl groups is 1. The molecular formula is C12H19NO2S. The van der Waals surface area contributed by atoms with Gasteiger partial charge in [-0.05, 0) is 18.3 Å². The predicted octanol–water partition coefficient (Wildman–Crippen LogP) is 2.34. The lowest BCUT2D eigenvalue weighted by molar-refractivity contribution is 0.102. The zero-order valence-electron chi connectivity index (χ0n) is 10.1. The SMILES string of the molecule is COCCc1nc2c(s1)C(O)CC(C)(C)C2. The lowest BCUT2D eigenvalue weighted by Gasteiger charge is -2.31. The number of thiazole rings is 1. The van der Waals surface area contributed by atoms with Gasteiger partial charge in [0, 0.05) is 13.5 Å². The van der Waals surface area contributed by atoms with Crippen molar-refractivity contribution in [3.8, 4) is 0 Å². The zero-order valence-corrected chi connectivity index (χ0v) is 10.9. The van der Waals surface area contributed by atoms with E-state index in [1.165, 1.54) is 0 Å². The van der Waals surface area contributed by atoms with Gasteiger partial charge in [0.05, 0.1) is 28.3 Å². The number of aromatic nitrogens is 1. The van der Waals surface area contributed by atoms with E-state index >= 15 is 0 Å². The summed E-state index contributed by atoms with van der Waals surface area (Å²) in [5, 5.41) is 11.2. The second-order valence-corrected chi connectivity index (χ2v) is 6.34. The first-order valence-electron chi connectivity index (χ1n) is 5.67. The van der Waals surface area contributed by atoms with Gasteiger partial charge in [-0.3, -0.25) is 0 Å². The van der Waals surface area contributed by atoms with Crippen LogP contribution in [-0.2, 0) is 17.6 Å². The Balaban J connectivity index is 2.20. The van der Waals surface area contributed by atoms with E-state index < -0.39 is 0 Å². The Morgan fingerprint density at radius 2 is 2.31 bits per heavy atom. The Bertz CT molecular complexity index is 373. The first-order valence-corrected chi connectivity index (χ1v) is 6.49. The first-order chi connectivity index (χ1) is 7.52. The van der Waals surface area contributed by atoms with Gasteiger partial charge >= 0.3 is 0 Å². The van der Waals surface area contributed by atoms with Crippen molar-refractivity contribution in [3.63, 3.8) is 0 Å². The van der Waals surface area contributed by atoms with E-state index in [4.69, 9.17) is 4.74 Å². The van der Waals surface area contributed by atoms with E-state index in [1.807, 2.05) is 0 Å². The van der Waals surface area contributed by atoms with E-state index in [0.717, 1.165) is 34.8 Å². The molecule has 0 aromatic carbocycles. The summed E-state index contributed by atoms with van der Waals surface area (Å²) in [6.07, 6.45) is 2.34. The fourth-order valence-corrected chi connectivity index (χ4v) is 3.29. The highest BCUT2D eigenvalue weighted by Crippen LogP contribution is 2.42. The normalized spacial score (nSPS) is 23.1. The van der Waals surface area contributed by atoms with Gasteiger partial charge in [-0.25, -0.2) is 4.98 Å². The third-order valence-corrected chi connectivity index (χ3v) is 4.25. The van der Waals surface area contributed by atoms with Crippen molar-refractivity contribution in [2.24, 2.45) is 5.41 Å². The molecule has 4 heteroatoms. The quantitative estimate of drug-likeness (QED) is 0.883. The van der Waals surface area contributed by atoms with Crippen molar-refractivity contribution in [2.75, 3.05) is 13.7 Å². The summed E-state index contributed by atoms with van der Waals surface area (Å²) in [6.45, 7) is 5.08. The average Bonchev–Trinajstić information content (AvgIpc) is 2.56. The van der Waals surface area contributed by atoms with Crippen molar-refractivity contribution < 1.29 is 9.84 Å². The molecule has 3 nitrogen and oxygen atoms in total. The van der Waals surface area contributed by atoms with E-state index in [0.29, 0.717) is 6.61 Å². The number of methoxy groups -OCH3 is 1. The van der Waals surface area contributed by atoms with E-state index in [2.05, 4.69) is 18.8 Å². The Hall–Kier alpha value is -0.450. The molecule has 0 aliphatic heterocycles. The van der Waals surface area contributed by atoms with E-state index in [9.17, 15) is 5.11 Å². The third kappa shape index (κ3) is 2.44. The van der Waals surface area contributed by atoms with Crippen LogP contribution in [0, 0.1) is 5.41 Å². The fraction of sp³-hybridized carbons (Fsp3) is 0.750. The van der Waals surface area contributed by atoms with E-state index in [1.54, 1.807) is 18.4 Å². The molecule has 1 aromatic heterocycles. The van der Waals surface area contributed by atoms with Crippen LogP contribution in [0.1, 0.15) is 42.0 Å². The molecule has 0 saturated heterocycles. The van der Waals surface area contributed by atoms with E-state index in [-0.39, 0.29) is 11.5 Å². The molecule has 2 rings (SSSR count). The minimum atomic E-state index is -0.326. The zero-order chi connectivity index (χ0) is 11.8. The van der Waals surface area contributed by atoms with Crippen molar-refractivity contribution in [3.05, 3.63) is 15.6 Å². The number of rotatable bonds is 3. The highest BCUT2D eigenvalue weighted by atomic mass is 32.1. The number of fused-ring (bicyclic) bond motifs is 1. The highest BCUT2D eigenvalue weighted by Gasteiger charge is 2.33. The maximum Gasteiger partial charge on any atom is 0.0955 e. The van der Waals surface area contributed by atoms with Gasteiger partial charge < -0.3 is 9.84 Å². The minimum Gasteiger partial charge on any atom is -0.387 e. The van der Waals surface area contributed by atoms with Gasteiger partial charge in [-0.15, -0.1) is 11.3 Å². The summed E-state index contributed by atoms with van der Waals surface area (Å²) < 4.78 is 5.05. The average molecular weight is 241 g/mol. The van der Waals surface area contributed by atoms with Gasteiger partial charge in [-0.2, -0.15) is 0 Å². The summed E-state index contributed by atoms with van der Waals surface area (Å²) in [4.78, 5) is 5.69. The fourth-order valence-electron chi connectivity index (χ4n) is 2.24. The smallest absolute Gasteiger partial charge is 0.0955 e. The molecule has 1 aliphatic rings. The van der Waals surface area contributed by atoms with Crippen molar-refractivity contribution in [1.82, 2.24) is 4.98 Å². The Morgan fingerprint density at radius 1 is 1.56 bits per heavy atom. The molecule has 0 amide bonds. The van der Waals surface area contributed by atoms with Gasteiger partial charge in [0.15, 0.2) is 0 Å². The van der Waals surface area contributed by atoms with Gasteiger partial charge in [0.2, 0.25) is 0 Å². The largest absolute Gasteiger partial charge is 0.387 e. The van der Waals surface area contributed by atoms with Crippen molar-refractivity contribution in [1.29, 1.82) is 0 Å². The van der Waals surface area contributed by atoms with Crippen LogP contribution < -0.4 is 0 Å². The van der Waals surface area contributed by atoms with Gasteiger partial charge in [0.1, 0.15) is 0 Å². The lowest BCUT2D eigenvalue weighted by Crippen LogP contribution is -2.24. The predicted molar refractivity (Wildman–Crippen MR) is 64.8 cm³/mol. The maximum absolute atomic E-state index is 10.1. The number of hydrogen-bond acceptors (Lipinski definition) is 4. The molecule has 0 radical (unpaired) electrons.